The van der Waals surface area contributed by atoms with E-state index in [0.29, 0.717) is 23.5 Å². The van der Waals surface area contributed by atoms with Crippen LogP contribution in [-0.4, -0.2) is 21.2 Å². The lowest BCUT2D eigenvalue weighted by molar-refractivity contribution is 0.438. The first-order valence-corrected chi connectivity index (χ1v) is 10.7. The highest BCUT2D eigenvalue weighted by atomic mass is 32.1. The lowest BCUT2D eigenvalue weighted by atomic mass is 9.88. The van der Waals surface area contributed by atoms with Crippen LogP contribution in [-0.2, 0) is 12.8 Å². The minimum atomic E-state index is -0.810. The molecule has 0 radical (unpaired) electrons. The maximum absolute atomic E-state index is 15.3. The van der Waals surface area contributed by atoms with E-state index in [2.05, 4.69) is 4.98 Å². The summed E-state index contributed by atoms with van der Waals surface area (Å²) in [7, 11) is 0. The summed E-state index contributed by atoms with van der Waals surface area (Å²) in [4.78, 5) is 29.0. The van der Waals surface area contributed by atoms with E-state index < -0.39 is 22.8 Å². The number of aromatic hydroxyl groups is 1. The quantitative estimate of drug-likeness (QED) is 0.612. The zero-order valence-corrected chi connectivity index (χ0v) is 16.9. The van der Waals surface area contributed by atoms with Gasteiger partial charge in [0, 0.05) is 21.4 Å². The van der Waals surface area contributed by atoms with E-state index in [4.69, 9.17) is 5.73 Å². The molecule has 0 spiro atoms. The van der Waals surface area contributed by atoms with Gasteiger partial charge in [0.2, 0.25) is 0 Å². The summed E-state index contributed by atoms with van der Waals surface area (Å²) in [6.45, 7) is 2.35. The molecule has 1 aromatic carbocycles. The number of halogens is 1. The normalized spacial score (nSPS) is 18.9. The Labute approximate surface area is 169 Å². The van der Waals surface area contributed by atoms with Gasteiger partial charge in [0.05, 0.1) is 5.52 Å². The van der Waals surface area contributed by atoms with Crippen LogP contribution in [0.4, 0.5) is 4.39 Å². The van der Waals surface area contributed by atoms with Crippen LogP contribution in [0.1, 0.15) is 41.3 Å². The Morgan fingerprint density at radius 1 is 1.34 bits per heavy atom. The molecule has 8 heteroatoms. The molecule has 0 amide bonds. The van der Waals surface area contributed by atoms with Gasteiger partial charge < -0.3 is 10.8 Å². The molecule has 5 rings (SSSR count). The van der Waals surface area contributed by atoms with Crippen LogP contribution < -0.4 is 17.0 Å². The van der Waals surface area contributed by atoms with E-state index in [-0.39, 0.29) is 17.0 Å². The van der Waals surface area contributed by atoms with Gasteiger partial charge in [-0.2, -0.15) is 0 Å². The average molecular weight is 415 g/mol. The molecule has 0 bridgehead atoms. The number of aryl methyl sites for hydroxylation is 2. The van der Waals surface area contributed by atoms with Crippen molar-refractivity contribution >= 4 is 22.2 Å². The molecule has 0 aliphatic heterocycles. The maximum Gasteiger partial charge on any atom is 0.329 e. The van der Waals surface area contributed by atoms with E-state index in [1.807, 2.05) is 6.07 Å². The van der Waals surface area contributed by atoms with Crippen molar-refractivity contribution in [3.05, 3.63) is 48.7 Å². The summed E-state index contributed by atoms with van der Waals surface area (Å²) in [6, 6.07) is 1.95. The second-order valence-corrected chi connectivity index (χ2v) is 9.29. The van der Waals surface area contributed by atoms with Gasteiger partial charge in [0.15, 0.2) is 11.6 Å². The Bertz CT molecular complexity index is 1270. The number of benzene rings is 1. The van der Waals surface area contributed by atoms with Crippen LogP contribution in [0.25, 0.3) is 21.3 Å². The van der Waals surface area contributed by atoms with Gasteiger partial charge in [0.25, 0.3) is 5.56 Å². The number of hydrogen-bond acceptors (Lipinski definition) is 5. The minimum Gasteiger partial charge on any atom is -0.504 e. The topological polar surface area (TPSA) is 101 Å². The highest BCUT2D eigenvalue weighted by Crippen LogP contribution is 2.45. The van der Waals surface area contributed by atoms with Gasteiger partial charge >= 0.3 is 5.69 Å². The summed E-state index contributed by atoms with van der Waals surface area (Å²) < 4.78 is 16.8. The molecule has 0 saturated heterocycles. The molecule has 2 aliphatic rings. The third kappa shape index (κ3) is 2.77. The lowest BCUT2D eigenvalue weighted by Gasteiger charge is -2.19. The zero-order valence-electron chi connectivity index (χ0n) is 16.0. The highest BCUT2D eigenvalue weighted by Gasteiger charge is 2.31. The Kier molecular flexibility index (Phi) is 4.18. The van der Waals surface area contributed by atoms with Crippen molar-refractivity contribution in [1.29, 1.82) is 0 Å². The molecule has 2 heterocycles. The van der Waals surface area contributed by atoms with Crippen molar-refractivity contribution in [2.45, 2.75) is 45.1 Å². The second kappa shape index (κ2) is 6.53. The average Bonchev–Trinajstić information content (AvgIpc) is 3.43. The Balaban J connectivity index is 1.80. The molecule has 1 fully saturated rings. The van der Waals surface area contributed by atoms with Gasteiger partial charge in [-0.05, 0) is 68.7 Å². The number of fused-ring (bicyclic) bond motifs is 2. The Morgan fingerprint density at radius 2 is 2.10 bits per heavy atom. The number of rotatable bonds is 3. The van der Waals surface area contributed by atoms with Crippen LogP contribution in [0.3, 0.4) is 0 Å². The molecule has 1 atom stereocenters. The fourth-order valence-electron chi connectivity index (χ4n) is 4.55. The van der Waals surface area contributed by atoms with E-state index in [1.165, 1.54) is 26.3 Å². The van der Waals surface area contributed by atoms with Crippen molar-refractivity contribution in [2.75, 3.05) is 6.54 Å². The maximum atomic E-state index is 15.3. The smallest absolute Gasteiger partial charge is 0.329 e. The third-order valence-corrected chi connectivity index (χ3v) is 7.47. The fourth-order valence-corrected chi connectivity index (χ4v) is 5.85. The van der Waals surface area contributed by atoms with E-state index in [9.17, 15) is 14.7 Å². The van der Waals surface area contributed by atoms with Crippen LogP contribution in [0.2, 0.25) is 0 Å². The molecule has 1 saturated carbocycles. The van der Waals surface area contributed by atoms with Crippen molar-refractivity contribution in [2.24, 2.45) is 11.7 Å². The predicted octanol–water partition coefficient (Wildman–Crippen LogP) is 2.97. The van der Waals surface area contributed by atoms with Gasteiger partial charge in [-0.1, -0.05) is 0 Å². The van der Waals surface area contributed by atoms with Crippen molar-refractivity contribution in [3.63, 3.8) is 0 Å². The Hall–Kier alpha value is -2.45. The number of thiophene rings is 1. The van der Waals surface area contributed by atoms with Gasteiger partial charge in [-0.3, -0.25) is 14.3 Å². The summed E-state index contributed by atoms with van der Waals surface area (Å²) in [5.41, 5.74) is 6.86. The summed E-state index contributed by atoms with van der Waals surface area (Å²) >= 11 is 1.52. The van der Waals surface area contributed by atoms with Crippen LogP contribution >= 0.6 is 11.3 Å². The van der Waals surface area contributed by atoms with Gasteiger partial charge in [-0.25, -0.2) is 9.18 Å². The number of aromatic nitrogens is 2. The largest absolute Gasteiger partial charge is 0.504 e. The first kappa shape index (κ1) is 18.6. The molecule has 4 N–H and O–H groups in total. The minimum absolute atomic E-state index is 0.0277. The first-order chi connectivity index (χ1) is 13.9. The Morgan fingerprint density at radius 3 is 2.79 bits per heavy atom. The number of phenols is 1. The first-order valence-electron chi connectivity index (χ1n) is 9.92. The third-order valence-electron chi connectivity index (χ3n) is 6.22. The number of hydrogen-bond donors (Lipinski definition) is 3. The van der Waals surface area contributed by atoms with Crippen molar-refractivity contribution in [1.82, 2.24) is 9.55 Å². The van der Waals surface area contributed by atoms with E-state index >= 15 is 4.39 Å². The number of aromatic amines is 1. The number of nitrogens with two attached hydrogens (primary N) is 1. The number of nitrogens with one attached hydrogen (secondary N) is 1. The molecular weight excluding hydrogens is 393 g/mol. The second-order valence-electron chi connectivity index (χ2n) is 8.15. The number of H-pyrrole nitrogens is 1. The molecule has 3 aromatic rings. The molecule has 6 nitrogen and oxygen atoms in total. The monoisotopic (exact) mass is 415 g/mol. The standard InChI is InChI=1S/C21H22FN3O3S/c1-9-15(14-7-11-6-10(8-23)2-5-13(11)29-14)17(22)19(26)16-18(9)25(12-3-4-12)21(28)24-20(16)27/h7,10,12,26H,2-6,8,23H2,1H3,(H,24,27,28). The summed E-state index contributed by atoms with van der Waals surface area (Å²) in [6.07, 6.45) is 4.44. The summed E-state index contributed by atoms with van der Waals surface area (Å²) in [5, 5.41) is 10.4. The van der Waals surface area contributed by atoms with E-state index in [1.54, 1.807) is 6.92 Å². The predicted molar refractivity (Wildman–Crippen MR) is 111 cm³/mol. The zero-order chi connectivity index (χ0) is 20.4. The SMILES string of the molecule is Cc1c(-c2cc3c(s2)CCC(CN)C3)c(F)c(O)c2c(=O)[nH]c(=O)n(C3CC3)c12. The van der Waals surface area contributed by atoms with Crippen LogP contribution in [0.15, 0.2) is 15.7 Å². The highest BCUT2D eigenvalue weighted by molar-refractivity contribution is 7.15. The lowest BCUT2D eigenvalue weighted by Crippen LogP contribution is -2.30. The molecule has 2 aliphatic carbocycles. The van der Waals surface area contributed by atoms with Crippen molar-refractivity contribution in [3.8, 4) is 16.2 Å². The summed E-state index contributed by atoms with van der Waals surface area (Å²) in [5.74, 6) is -1.07. The van der Waals surface area contributed by atoms with Crippen LogP contribution in [0.5, 0.6) is 5.75 Å². The molecule has 29 heavy (non-hydrogen) atoms. The van der Waals surface area contributed by atoms with Gasteiger partial charge in [-0.15, -0.1) is 11.3 Å². The van der Waals surface area contributed by atoms with E-state index in [0.717, 1.165) is 37.0 Å². The molecule has 152 valence electrons. The molecule has 1 unspecified atom stereocenters. The van der Waals surface area contributed by atoms with Crippen molar-refractivity contribution < 1.29 is 9.50 Å². The van der Waals surface area contributed by atoms with Crippen LogP contribution in [0, 0.1) is 18.7 Å². The fraction of sp³-hybridized carbons (Fsp3) is 0.429. The molecule has 2 aromatic heterocycles. The van der Waals surface area contributed by atoms with Gasteiger partial charge in [0.1, 0.15) is 5.39 Å². The molecular formula is C21H22FN3O3S. The number of nitrogens with zero attached hydrogens (tertiary/aromatic N) is 1. The number of phenolic OH excluding ortho intramolecular Hbond substituents is 1.